The van der Waals surface area contributed by atoms with Crippen molar-refractivity contribution in [2.24, 2.45) is 0 Å². The van der Waals surface area contributed by atoms with Gasteiger partial charge >= 0.3 is 0 Å². The van der Waals surface area contributed by atoms with Crippen LogP contribution < -0.4 is 10.1 Å². The van der Waals surface area contributed by atoms with Crippen LogP contribution >= 0.6 is 0 Å². The van der Waals surface area contributed by atoms with E-state index in [1.807, 2.05) is 12.1 Å². The molecule has 1 saturated heterocycles. The fraction of sp³-hybridized carbons (Fsp3) is 0.600. The molecule has 1 N–H and O–H groups in total. The smallest absolute Gasteiger partial charge is 0.119 e. The van der Waals surface area contributed by atoms with Gasteiger partial charge in [0.1, 0.15) is 5.75 Å². The summed E-state index contributed by atoms with van der Waals surface area (Å²) in [6, 6.07) is 8.79. The molecule has 1 fully saturated rings. The molecule has 0 saturated carbocycles. The van der Waals surface area contributed by atoms with Crippen molar-refractivity contribution in [1.82, 2.24) is 10.2 Å². The van der Waals surface area contributed by atoms with E-state index in [-0.39, 0.29) is 0 Å². The van der Waals surface area contributed by atoms with Gasteiger partial charge in [-0.3, -0.25) is 0 Å². The van der Waals surface area contributed by atoms with Gasteiger partial charge in [-0.05, 0) is 50.6 Å². The second-order valence-corrected chi connectivity index (χ2v) is 5.14. The van der Waals surface area contributed by atoms with Gasteiger partial charge in [-0.15, -0.1) is 0 Å². The minimum atomic E-state index is 0.536. The van der Waals surface area contributed by atoms with E-state index in [2.05, 4.69) is 29.3 Å². The summed E-state index contributed by atoms with van der Waals surface area (Å²) in [5, 5.41) is 3.58. The molecular formula is C15H24N2O. The van der Waals surface area contributed by atoms with Crippen LogP contribution in [-0.4, -0.2) is 37.7 Å². The molecule has 3 nitrogen and oxygen atoms in total. The molecule has 0 amide bonds. The Morgan fingerprint density at radius 3 is 2.83 bits per heavy atom. The lowest BCUT2D eigenvalue weighted by Gasteiger charge is -2.21. The van der Waals surface area contributed by atoms with Crippen molar-refractivity contribution in [2.75, 3.05) is 26.7 Å². The summed E-state index contributed by atoms with van der Waals surface area (Å²) in [7, 11) is 1.71. The predicted octanol–water partition coefficient (Wildman–Crippen LogP) is 2.27. The van der Waals surface area contributed by atoms with E-state index < -0.39 is 0 Å². The van der Waals surface area contributed by atoms with E-state index in [0.717, 1.165) is 18.8 Å². The molecule has 1 heterocycles. The SMILES string of the molecule is COc1cccc(CNC(C)CN2CCCC2)c1. The van der Waals surface area contributed by atoms with Gasteiger partial charge in [0.25, 0.3) is 0 Å². The maximum atomic E-state index is 5.23. The third kappa shape index (κ3) is 4.00. The zero-order chi connectivity index (χ0) is 12.8. The number of nitrogens with one attached hydrogen (secondary N) is 1. The first-order valence-corrected chi connectivity index (χ1v) is 6.86. The van der Waals surface area contributed by atoms with Gasteiger partial charge in [0.2, 0.25) is 0 Å². The van der Waals surface area contributed by atoms with Gasteiger partial charge in [-0.25, -0.2) is 0 Å². The Bertz CT molecular complexity index is 361. The highest BCUT2D eigenvalue weighted by molar-refractivity contribution is 5.28. The number of hydrogen-bond acceptors (Lipinski definition) is 3. The molecule has 0 aliphatic carbocycles. The summed E-state index contributed by atoms with van der Waals surface area (Å²) in [4.78, 5) is 2.54. The number of hydrogen-bond donors (Lipinski definition) is 1. The molecule has 1 aliphatic rings. The first-order valence-electron chi connectivity index (χ1n) is 6.86. The van der Waals surface area contributed by atoms with Crippen molar-refractivity contribution in [1.29, 1.82) is 0 Å². The molecule has 1 unspecified atom stereocenters. The van der Waals surface area contributed by atoms with Crippen LogP contribution in [-0.2, 0) is 6.54 Å². The van der Waals surface area contributed by atoms with Crippen LogP contribution in [0, 0.1) is 0 Å². The summed E-state index contributed by atoms with van der Waals surface area (Å²) in [5.41, 5.74) is 1.28. The summed E-state index contributed by atoms with van der Waals surface area (Å²) in [6.07, 6.45) is 2.73. The Morgan fingerprint density at radius 1 is 1.33 bits per heavy atom. The molecule has 0 bridgehead atoms. The molecule has 0 aromatic heterocycles. The number of likely N-dealkylation sites (tertiary alicyclic amines) is 1. The van der Waals surface area contributed by atoms with Crippen molar-refractivity contribution >= 4 is 0 Å². The Morgan fingerprint density at radius 2 is 2.11 bits per heavy atom. The highest BCUT2D eigenvalue weighted by atomic mass is 16.5. The largest absolute Gasteiger partial charge is 0.497 e. The lowest BCUT2D eigenvalue weighted by Crippen LogP contribution is -2.37. The third-order valence-electron chi connectivity index (χ3n) is 3.52. The van der Waals surface area contributed by atoms with E-state index in [1.54, 1.807) is 7.11 Å². The minimum Gasteiger partial charge on any atom is -0.497 e. The lowest BCUT2D eigenvalue weighted by atomic mass is 10.2. The molecule has 2 rings (SSSR count). The molecule has 1 aromatic rings. The quantitative estimate of drug-likeness (QED) is 0.836. The molecule has 100 valence electrons. The molecule has 0 radical (unpaired) electrons. The van der Waals surface area contributed by atoms with E-state index >= 15 is 0 Å². The Hall–Kier alpha value is -1.06. The topological polar surface area (TPSA) is 24.5 Å². The second-order valence-electron chi connectivity index (χ2n) is 5.14. The lowest BCUT2D eigenvalue weighted by molar-refractivity contribution is 0.298. The molecule has 1 atom stereocenters. The zero-order valence-electron chi connectivity index (χ0n) is 11.5. The Balaban J connectivity index is 1.75. The van der Waals surface area contributed by atoms with E-state index in [4.69, 9.17) is 4.74 Å². The van der Waals surface area contributed by atoms with Crippen LogP contribution in [0.1, 0.15) is 25.3 Å². The summed E-state index contributed by atoms with van der Waals surface area (Å²) in [6.45, 7) is 6.87. The van der Waals surface area contributed by atoms with Crippen LogP contribution in [0.4, 0.5) is 0 Å². The van der Waals surface area contributed by atoms with Gasteiger partial charge in [-0.2, -0.15) is 0 Å². The molecule has 18 heavy (non-hydrogen) atoms. The summed E-state index contributed by atoms with van der Waals surface area (Å²) >= 11 is 0. The number of nitrogens with zero attached hydrogens (tertiary/aromatic N) is 1. The van der Waals surface area contributed by atoms with Gasteiger partial charge in [0, 0.05) is 19.1 Å². The van der Waals surface area contributed by atoms with E-state index in [9.17, 15) is 0 Å². The first-order chi connectivity index (χ1) is 8.78. The summed E-state index contributed by atoms with van der Waals surface area (Å²) in [5.74, 6) is 0.932. The summed E-state index contributed by atoms with van der Waals surface area (Å²) < 4.78 is 5.23. The van der Waals surface area contributed by atoms with Crippen molar-refractivity contribution in [2.45, 2.75) is 32.4 Å². The van der Waals surface area contributed by atoms with E-state index in [0.29, 0.717) is 6.04 Å². The van der Waals surface area contributed by atoms with Crippen molar-refractivity contribution in [3.63, 3.8) is 0 Å². The zero-order valence-corrected chi connectivity index (χ0v) is 11.5. The maximum Gasteiger partial charge on any atom is 0.119 e. The van der Waals surface area contributed by atoms with Crippen LogP contribution in [0.5, 0.6) is 5.75 Å². The molecule has 0 spiro atoms. The Kier molecular flexibility index (Phi) is 5.02. The van der Waals surface area contributed by atoms with Gasteiger partial charge < -0.3 is 15.0 Å². The van der Waals surface area contributed by atoms with Crippen LogP contribution in [0.15, 0.2) is 24.3 Å². The molecule has 1 aromatic carbocycles. The van der Waals surface area contributed by atoms with Crippen LogP contribution in [0.2, 0.25) is 0 Å². The van der Waals surface area contributed by atoms with Crippen LogP contribution in [0.25, 0.3) is 0 Å². The average Bonchev–Trinajstić information content (AvgIpc) is 2.89. The molecule has 3 heteroatoms. The number of methoxy groups -OCH3 is 1. The van der Waals surface area contributed by atoms with Crippen molar-refractivity contribution < 1.29 is 4.74 Å². The molecule has 1 aliphatic heterocycles. The minimum absolute atomic E-state index is 0.536. The van der Waals surface area contributed by atoms with Crippen LogP contribution in [0.3, 0.4) is 0 Å². The van der Waals surface area contributed by atoms with Crippen molar-refractivity contribution in [3.8, 4) is 5.75 Å². The Labute approximate surface area is 110 Å². The highest BCUT2D eigenvalue weighted by Gasteiger charge is 2.14. The predicted molar refractivity (Wildman–Crippen MR) is 75.0 cm³/mol. The van der Waals surface area contributed by atoms with Gasteiger partial charge in [-0.1, -0.05) is 12.1 Å². The monoisotopic (exact) mass is 248 g/mol. The van der Waals surface area contributed by atoms with Gasteiger partial charge in [0.05, 0.1) is 7.11 Å². The average molecular weight is 248 g/mol. The van der Waals surface area contributed by atoms with Gasteiger partial charge in [0.15, 0.2) is 0 Å². The maximum absolute atomic E-state index is 5.23. The number of benzene rings is 1. The second kappa shape index (κ2) is 6.76. The fourth-order valence-electron chi connectivity index (χ4n) is 2.49. The van der Waals surface area contributed by atoms with E-state index in [1.165, 1.54) is 31.5 Å². The first kappa shape index (κ1) is 13.4. The van der Waals surface area contributed by atoms with Crippen molar-refractivity contribution in [3.05, 3.63) is 29.8 Å². The highest BCUT2D eigenvalue weighted by Crippen LogP contribution is 2.12. The number of rotatable bonds is 6. The molecular weight excluding hydrogens is 224 g/mol. The third-order valence-corrected chi connectivity index (χ3v) is 3.52. The normalized spacial score (nSPS) is 17.9. The fourth-order valence-corrected chi connectivity index (χ4v) is 2.49. The standard InChI is InChI=1S/C15H24N2O/c1-13(12-17-8-3-4-9-17)16-11-14-6-5-7-15(10-14)18-2/h5-7,10,13,16H,3-4,8-9,11-12H2,1-2H3. The number of ether oxygens (including phenoxy) is 1.